The summed E-state index contributed by atoms with van der Waals surface area (Å²) in [5.41, 5.74) is 1.91. The van der Waals surface area contributed by atoms with Gasteiger partial charge in [0.05, 0.1) is 11.6 Å². The Labute approximate surface area is 124 Å². The molecule has 1 aromatic rings. The molecule has 0 spiro atoms. The lowest BCUT2D eigenvalue weighted by Crippen LogP contribution is -2.35. The minimum atomic E-state index is -0.862. The fraction of sp³-hybridized carbons (Fsp3) is 0.500. The number of aliphatic carboxylic acids is 1. The summed E-state index contributed by atoms with van der Waals surface area (Å²) >= 11 is 0. The number of rotatable bonds is 2. The predicted molar refractivity (Wildman–Crippen MR) is 79.8 cm³/mol. The minimum absolute atomic E-state index is 0.388. The molecule has 5 heteroatoms. The topological polar surface area (TPSA) is 66.8 Å². The summed E-state index contributed by atoms with van der Waals surface area (Å²) in [4.78, 5) is 25.0. The molecule has 1 aliphatic rings. The Kier molecular flexibility index (Phi) is 3.94. The summed E-state index contributed by atoms with van der Waals surface area (Å²) in [6.07, 6.45) is 0.268. The summed E-state index contributed by atoms with van der Waals surface area (Å²) in [6, 6.07) is 5.44. The highest BCUT2D eigenvalue weighted by atomic mass is 16.6. The molecule has 1 atom stereocenters. The molecule has 0 aromatic heterocycles. The molecule has 2 rings (SSSR count). The number of carbonyl (C=O) groups is 2. The zero-order chi connectivity index (χ0) is 15.8. The van der Waals surface area contributed by atoms with Crippen LogP contribution >= 0.6 is 0 Å². The van der Waals surface area contributed by atoms with Crippen molar-refractivity contribution in [1.82, 2.24) is 0 Å². The number of hydrogen-bond donors (Lipinski definition) is 1. The van der Waals surface area contributed by atoms with Gasteiger partial charge >= 0.3 is 12.1 Å². The van der Waals surface area contributed by atoms with Gasteiger partial charge < -0.3 is 9.84 Å². The van der Waals surface area contributed by atoms with Crippen molar-refractivity contribution < 1.29 is 19.4 Å². The average Bonchev–Trinajstić information content (AvgIpc) is 2.79. The zero-order valence-electron chi connectivity index (χ0n) is 12.8. The molecule has 0 radical (unpaired) electrons. The maximum absolute atomic E-state index is 12.2. The molecule has 21 heavy (non-hydrogen) atoms. The van der Waals surface area contributed by atoms with Crippen molar-refractivity contribution in [3.05, 3.63) is 29.3 Å². The Morgan fingerprint density at radius 1 is 1.33 bits per heavy atom. The number of nitrogens with zero attached hydrogens (tertiary/aromatic N) is 1. The van der Waals surface area contributed by atoms with Gasteiger partial charge in [-0.3, -0.25) is 9.69 Å². The highest BCUT2D eigenvalue weighted by molar-refractivity contribution is 5.91. The summed E-state index contributed by atoms with van der Waals surface area (Å²) in [5.74, 6) is -1.45. The van der Waals surface area contributed by atoms with Crippen LogP contribution in [0.5, 0.6) is 0 Å². The van der Waals surface area contributed by atoms with Gasteiger partial charge in [0.25, 0.3) is 0 Å². The molecule has 1 aromatic carbocycles. The summed E-state index contributed by atoms with van der Waals surface area (Å²) in [5, 5.41) is 9.19. The Balaban J connectivity index is 2.31. The third kappa shape index (κ3) is 3.17. The molecule has 0 fully saturated rings. The van der Waals surface area contributed by atoms with E-state index in [1.807, 2.05) is 32.9 Å². The van der Waals surface area contributed by atoms with Gasteiger partial charge in [0.2, 0.25) is 0 Å². The lowest BCUT2D eigenvalue weighted by molar-refractivity contribution is -0.138. The van der Waals surface area contributed by atoms with E-state index in [1.165, 1.54) is 0 Å². The molecule has 0 saturated heterocycles. The second kappa shape index (κ2) is 5.39. The van der Waals surface area contributed by atoms with Crippen LogP contribution < -0.4 is 4.90 Å². The first-order chi connectivity index (χ1) is 9.70. The summed E-state index contributed by atoms with van der Waals surface area (Å²) < 4.78 is 5.40. The largest absolute Gasteiger partial charge is 0.481 e. The number of fused-ring (bicyclic) bond motifs is 1. The van der Waals surface area contributed by atoms with Crippen LogP contribution in [-0.4, -0.2) is 29.3 Å². The van der Waals surface area contributed by atoms with E-state index in [4.69, 9.17) is 4.74 Å². The maximum Gasteiger partial charge on any atom is 0.414 e. The predicted octanol–water partition coefficient (Wildman–Crippen LogP) is 3.17. The van der Waals surface area contributed by atoms with Crippen molar-refractivity contribution >= 4 is 17.7 Å². The van der Waals surface area contributed by atoms with Crippen LogP contribution in [0.2, 0.25) is 0 Å². The van der Waals surface area contributed by atoms with Gasteiger partial charge in [0.1, 0.15) is 5.60 Å². The molecule has 1 heterocycles. The Bertz CT molecular complexity index is 574. The van der Waals surface area contributed by atoms with Crippen LogP contribution in [0, 0.1) is 0 Å². The Morgan fingerprint density at radius 3 is 2.57 bits per heavy atom. The van der Waals surface area contributed by atoms with Gasteiger partial charge in [0, 0.05) is 6.54 Å². The zero-order valence-corrected chi connectivity index (χ0v) is 12.8. The SMILES string of the molecule is CC(C(=O)O)c1cccc2c1CCN2C(=O)OC(C)(C)C. The fourth-order valence-corrected chi connectivity index (χ4v) is 2.51. The molecule has 114 valence electrons. The molecular formula is C16H21NO4. The first-order valence-corrected chi connectivity index (χ1v) is 7.06. The van der Waals surface area contributed by atoms with Crippen molar-refractivity contribution in [2.24, 2.45) is 0 Å². The molecular weight excluding hydrogens is 270 g/mol. The van der Waals surface area contributed by atoms with E-state index in [1.54, 1.807) is 17.9 Å². The van der Waals surface area contributed by atoms with Crippen LogP contribution in [0.1, 0.15) is 44.7 Å². The Hall–Kier alpha value is -2.04. The van der Waals surface area contributed by atoms with Gasteiger partial charge in [-0.05, 0) is 51.3 Å². The van der Waals surface area contributed by atoms with E-state index in [2.05, 4.69) is 0 Å². The fourth-order valence-electron chi connectivity index (χ4n) is 2.51. The quantitative estimate of drug-likeness (QED) is 0.908. The monoisotopic (exact) mass is 291 g/mol. The van der Waals surface area contributed by atoms with Crippen molar-refractivity contribution in [3.8, 4) is 0 Å². The Morgan fingerprint density at radius 2 is 2.00 bits per heavy atom. The van der Waals surface area contributed by atoms with Crippen molar-refractivity contribution in [1.29, 1.82) is 0 Å². The highest BCUT2D eigenvalue weighted by Gasteiger charge is 2.31. The van der Waals surface area contributed by atoms with Crippen molar-refractivity contribution in [2.45, 2.75) is 45.6 Å². The number of benzene rings is 1. The normalized spacial score (nSPS) is 15.5. The van der Waals surface area contributed by atoms with Gasteiger partial charge in [-0.15, -0.1) is 0 Å². The number of ether oxygens (including phenoxy) is 1. The molecule has 1 aliphatic heterocycles. The smallest absolute Gasteiger partial charge is 0.414 e. The molecule has 0 saturated carbocycles. The van der Waals surface area contributed by atoms with Crippen molar-refractivity contribution in [2.75, 3.05) is 11.4 Å². The number of carboxylic acids is 1. The number of carboxylic acid groups (broad SMARTS) is 1. The van der Waals surface area contributed by atoms with Crippen LogP contribution in [0.15, 0.2) is 18.2 Å². The highest BCUT2D eigenvalue weighted by Crippen LogP contribution is 2.35. The van der Waals surface area contributed by atoms with E-state index in [-0.39, 0.29) is 6.09 Å². The van der Waals surface area contributed by atoms with Gasteiger partial charge in [0.15, 0.2) is 0 Å². The third-order valence-corrected chi connectivity index (χ3v) is 3.51. The number of carbonyl (C=O) groups excluding carboxylic acids is 1. The second-order valence-corrected chi connectivity index (χ2v) is 6.29. The van der Waals surface area contributed by atoms with E-state index in [0.717, 1.165) is 16.8 Å². The summed E-state index contributed by atoms with van der Waals surface area (Å²) in [6.45, 7) is 7.65. The molecule has 0 bridgehead atoms. The lowest BCUT2D eigenvalue weighted by atomic mass is 9.94. The molecule has 1 N–H and O–H groups in total. The molecule has 1 amide bonds. The first-order valence-electron chi connectivity index (χ1n) is 7.06. The van der Waals surface area contributed by atoms with Gasteiger partial charge in [-0.1, -0.05) is 12.1 Å². The third-order valence-electron chi connectivity index (χ3n) is 3.51. The average molecular weight is 291 g/mol. The van der Waals surface area contributed by atoms with E-state index < -0.39 is 17.5 Å². The van der Waals surface area contributed by atoms with Gasteiger partial charge in [-0.25, -0.2) is 4.79 Å². The standard InChI is InChI=1S/C16H21NO4/c1-10(14(18)19)11-6-5-7-13-12(11)8-9-17(13)15(20)21-16(2,3)4/h5-7,10H,8-9H2,1-4H3,(H,18,19). The number of amides is 1. The second-order valence-electron chi connectivity index (χ2n) is 6.29. The van der Waals surface area contributed by atoms with Crippen LogP contribution in [0.4, 0.5) is 10.5 Å². The molecule has 1 unspecified atom stereocenters. The van der Waals surface area contributed by atoms with E-state index in [0.29, 0.717) is 13.0 Å². The first kappa shape index (κ1) is 15.4. The number of hydrogen-bond acceptors (Lipinski definition) is 3. The lowest BCUT2D eigenvalue weighted by Gasteiger charge is -2.25. The van der Waals surface area contributed by atoms with Crippen molar-refractivity contribution in [3.63, 3.8) is 0 Å². The minimum Gasteiger partial charge on any atom is -0.481 e. The van der Waals surface area contributed by atoms with Crippen LogP contribution in [-0.2, 0) is 16.0 Å². The van der Waals surface area contributed by atoms with E-state index >= 15 is 0 Å². The van der Waals surface area contributed by atoms with Crippen LogP contribution in [0.25, 0.3) is 0 Å². The summed E-state index contributed by atoms with van der Waals surface area (Å²) in [7, 11) is 0. The maximum atomic E-state index is 12.2. The molecule has 0 aliphatic carbocycles. The van der Waals surface area contributed by atoms with Gasteiger partial charge in [-0.2, -0.15) is 0 Å². The van der Waals surface area contributed by atoms with Crippen LogP contribution in [0.3, 0.4) is 0 Å². The molecule has 5 nitrogen and oxygen atoms in total. The van der Waals surface area contributed by atoms with E-state index in [9.17, 15) is 14.7 Å². The number of anilines is 1.